The predicted molar refractivity (Wildman–Crippen MR) is 82.0 cm³/mol. The van der Waals surface area contributed by atoms with Gasteiger partial charge in [0.1, 0.15) is 0 Å². The lowest BCUT2D eigenvalue weighted by molar-refractivity contribution is 0.431. The summed E-state index contributed by atoms with van der Waals surface area (Å²) in [5.41, 5.74) is -0.746. The van der Waals surface area contributed by atoms with E-state index >= 15 is 0 Å². The minimum absolute atomic E-state index is 0.161. The average Bonchev–Trinajstić information content (AvgIpc) is 2.94. The van der Waals surface area contributed by atoms with E-state index in [1.165, 1.54) is 12.3 Å². The van der Waals surface area contributed by atoms with Crippen LogP contribution in [0.15, 0.2) is 31.0 Å². The van der Waals surface area contributed by atoms with Crippen LogP contribution in [0.25, 0.3) is 0 Å². The Bertz CT molecular complexity index is 718. The number of thiocarbonyl (C=S) groups is 1. The summed E-state index contributed by atoms with van der Waals surface area (Å²) >= 11 is 4.98. The Kier molecular flexibility index (Phi) is 5.32. The number of anilines is 1. The quantitative estimate of drug-likeness (QED) is 0.379. The van der Waals surface area contributed by atoms with Crippen LogP contribution in [0, 0.1) is 23.3 Å². The van der Waals surface area contributed by atoms with Gasteiger partial charge < -0.3 is 10.6 Å². The van der Waals surface area contributed by atoms with Crippen LogP contribution in [0.5, 0.6) is 0 Å². The van der Waals surface area contributed by atoms with Crippen molar-refractivity contribution in [1.82, 2.24) is 15.1 Å². The van der Waals surface area contributed by atoms with E-state index in [2.05, 4.69) is 22.3 Å². The number of hydrogen-bond acceptors (Lipinski definition) is 2. The van der Waals surface area contributed by atoms with Crippen LogP contribution in [0.3, 0.4) is 0 Å². The summed E-state index contributed by atoms with van der Waals surface area (Å²) in [7, 11) is 0. The first-order chi connectivity index (χ1) is 10.9. The third-order valence-electron chi connectivity index (χ3n) is 2.81. The summed E-state index contributed by atoms with van der Waals surface area (Å²) in [6.45, 7) is 3.50. The van der Waals surface area contributed by atoms with Gasteiger partial charge >= 0.3 is 0 Å². The lowest BCUT2D eigenvalue weighted by Gasteiger charge is -2.08. The van der Waals surface area contributed by atoms with E-state index in [9.17, 15) is 17.6 Å². The highest BCUT2D eigenvalue weighted by Gasteiger charge is 2.19. The Morgan fingerprint density at radius 2 is 1.91 bits per heavy atom. The fourth-order valence-electron chi connectivity index (χ4n) is 1.77. The maximum Gasteiger partial charge on any atom is 0.172 e. The second kappa shape index (κ2) is 7.23. The maximum absolute atomic E-state index is 13.6. The summed E-state index contributed by atoms with van der Waals surface area (Å²) in [5.74, 6) is -5.50. The zero-order chi connectivity index (χ0) is 17.0. The molecule has 2 rings (SSSR count). The summed E-state index contributed by atoms with van der Waals surface area (Å²) in [4.78, 5) is 0. The van der Waals surface area contributed by atoms with Gasteiger partial charge in [0, 0.05) is 24.9 Å². The first-order valence-electron chi connectivity index (χ1n) is 6.43. The van der Waals surface area contributed by atoms with Crippen LogP contribution < -0.4 is 10.6 Å². The second-order valence-corrected chi connectivity index (χ2v) is 4.88. The largest absolute Gasteiger partial charge is 0.359 e. The SMILES string of the molecule is C=CCNC(=S)Nc1ccn(Cc2c(F)c(F)cc(F)c2F)n1. The molecular formula is C14H12F4N4S. The van der Waals surface area contributed by atoms with Gasteiger partial charge in [-0.05, 0) is 12.2 Å². The molecular weight excluding hydrogens is 332 g/mol. The summed E-state index contributed by atoms with van der Waals surface area (Å²) < 4.78 is 54.7. The number of nitrogens with zero attached hydrogens (tertiary/aromatic N) is 2. The van der Waals surface area contributed by atoms with Crippen LogP contribution >= 0.6 is 12.2 Å². The van der Waals surface area contributed by atoms with Gasteiger partial charge in [-0.25, -0.2) is 17.6 Å². The van der Waals surface area contributed by atoms with E-state index < -0.39 is 35.4 Å². The molecule has 1 aromatic carbocycles. The zero-order valence-electron chi connectivity index (χ0n) is 11.7. The van der Waals surface area contributed by atoms with E-state index in [-0.39, 0.29) is 11.2 Å². The third-order valence-corrected chi connectivity index (χ3v) is 3.06. The number of aromatic nitrogens is 2. The minimum atomic E-state index is -1.46. The van der Waals surface area contributed by atoms with E-state index in [0.717, 1.165) is 4.68 Å². The Balaban J connectivity index is 2.14. The number of nitrogens with one attached hydrogen (secondary N) is 2. The van der Waals surface area contributed by atoms with Crippen LogP contribution in [0.4, 0.5) is 23.4 Å². The number of halogens is 4. The molecule has 0 spiro atoms. The van der Waals surface area contributed by atoms with Crippen molar-refractivity contribution in [3.05, 3.63) is 59.8 Å². The first-order valence-corrected chi connectivity index (χ1v) is 6.84. The Labute approximate surface area is 134 Å². The average molecular weight is 344 g/mol. The van der Waals surface area contributed by atoms with Crippen molar-refractivity contribution in [2.75, 3.05) is 11.9 Å². The molecule has 1 aromatic heterocycles. The highest BCUT2D eigenvalue weighted by Crippen LogP contribution is 2.20. The van der Waals surface area contributed by atoms with Crippen LogP contribution in [-0.4, -0.2) is 21.4 Å². The smallest absolute Gasteiger partial charge is 0.172 e. The highest BCUT2D eigenvalue weighted by atomic mass is 32.1. The standard InChI is InChI=1S/C14H12F4N4S/c1-2-4-19-14(23)20-11-3-5-22(21-11)7-8-12(17)9(15)6-10(16)13(8)18/h2-3,5-6H,1,4,7H2,(H2,19,20,21,23). The molecule has 1 heterocycles. The molecule has 0 amide bonds. The fourth-order valence-corrected chi connectivity index (χ4v) is 1.95. The molecule has 0 saturated heterocycles. The summed E-state index contributed by atoms with van der Waals surface area (Å²) in [5, 5.41) is 9.80. The molecule has 2 aromatic rings. The first kappa shape index (κ1) is 16.9. The Morgan fingerprint density at radius 1 is 1.26 bits per heavy atom. The lowest BCUT2D eigenvalue weighted by atomic mass is 10.2. The van der Waals surface area contributed by atoms with Crippen molar-refractivity contribution in [2.24, 2.45) is 0 Å². The topological polar surface area (TPSA) is 41.9 Å². The molecule has 23 heavy (non-hydrogen) atoms. The molecule has 9 heteroatoms. The van der Waals surface area contributed by atoms with Gasteiger partial charge in [-0.2, -0.15) is 5.10 Å². The van der Waals surface area contributed by atoms with Gasteiger partial charge in [0.05, 0.1) is 12.1 Å². The molecule has 0 aliphatic carbocycles. The molecule has 4 nitrogen and oxygen atoms in total. The zero-order valence-corrected chi connectivity index (χ0v) is 12.6. The van der Waals surface area contributed by atoms with E-state index in [4.69, 9.17) is 12.2 Å². The molecule has 0 atom stereocenters. The molecule has 0 aliphatic heterocycles. The van der Waals surface area contributed by atoms with E-state index in [1.54, 1.807) is 6.08 Å². The van der Waals surface area contributed by atoms with Gasteiger partial charge in [0.15, 0.2) is 34.2 Å². The van der Waals surface area contributed by atoms with Crippen molar-refractivity contribution in [2.45, 2.75) is 6.54 Å². The van der Waals surface area contributed by atoms with Crippen LogP contribution in [0.1, 0.15) is 5.56 Å². The maximum atomic E-state index is 13.6. The normalized spacial score (nSPS) is 10.4. The molecule has 0 saturated carbocycles. The molecule has 2 N–H and O–H groups in total. The molecule has 0 aliphatic rings. The molecule has 0 radical (unpaired) electrons. The van der Waals surface area contributed by atoms with Crippen molar-refractivity contribution in [3.8, 4) is 0 Å². The Morgan fingerprint density at radius 3 is 2.52 bits per heavy atom. The van der Waals surface area contributed by atoms with Crippen LogP contribution in [-0.2, 0) is 6.54 Å². The van der Waals surface area contributed by atoms with Gasteiger partial charge in [0.25, 0.3) is 0 Å². The van der Waals surface area contributed by atoms with Gasteiger partial charge in [-0.1, -0.05) is 6.08 Å². The van der Waals surface area contributed by atoms with Crippen molar-refractivity contribution < 1.29 is 17.6 Å². The van der Waals surface area contributed by atoms with Crippen molar-refractivity contribution in [1.29, 1.82) is 0 Å². The Hall–Kier alpha value is -2.42. The molecule has 0 fully saturated rings. The number of rotatable bonds is 5. The molecule has 122 valence electrons. The number of hydrogen-bond donors (Lipinski definition) is 2. The van der Waals surface area contributed by atoms with Gasteiger partial charge in [0.2, 0.25) is 0 Å². The number of benzene rings is 1. The van der Waals surface area contributed by atoms with Gasteiger partial charge in [-0.3, -0.25) is 4.68 Å². The predicted octanol–water partition coefficient (Wildman–Crippen LogP) is 2.96. The van der Waals surface area contributed by atoms with E-state index in [1.807, 2.05) is 0 Å². The van der Waals surface area contributed by atoms with Gasteiger partial charge in [-0.15, -0.1) is 6.58 Å². The highest BCUT2D eigenvalue weighted by molar-refractivity contribution is 7.80. The van der Waals surface area contributed by atoms with Crippen molar-refractivity contribution >= 4 is 23.1 Å². The monoisotopic (exact) mass is 344 g/mol. The second-order valence-electron chi connectivity index (χ2n) is 4.47. The van der Waals surface area contributed by atoms with Crippen molar-refractivity contribution in [3.63, 3.8) is 0 Å². The fraction of sp³-hybridized carbons (Fsp3) is 0.143. The van der Waals surface area contributed by atoms with E-state index in [0.29, 0.717) is 12.4 Å². The molecule has 0 bridgehead atoms. The van der Waals surface area contributed by atoms with Crippen LogP contribution in [0.2, 0.25) is 0 Å². The summed E-state index contributed by atoms with van der Waals surface area (Å²) in [6.07, 6.45) is 3.00. The lowest BCUT2D eigenvalue weighted by Crippen LogP contribution is -2.28. The third kappa shape index (κ3) is 4.07. The minimum Gasteiger partial charge on any atom is -0.359 e. The molecule has 0 unspecified atom stereocenters. The summed E-state index contributed by atoms with van der Waals surface area (Å²) in [6, 6.07) is 1.65.